The van der Waals surface area contributed by atoms with Gasteiger partial charge in [0.2, 0.25) is 0 Å². The van der Waals surface area contributed by atoms with Crippen LogP contribution in [-0.4, -0.2) is 17.7 Å². The van der Waals surface area contributed by atoms with E-state index >= 15 is 0 Å². The maximum Gasteiger partial charge on any atom is 0.328 e. The van der Waals surface area contributed by atoms with Crippen molar-refractivity contribution >= 4 is 5.97 Å². The number of aliphatic carboxylic acids is 1. The van der Waals surface area contributed by atoms with Crippen LogP contribution >= 0.6 is 0 Å². The zero-order valence-corrected chi connectivity index (χ0v) is 11.4. The lowest BCUT2D eigenvalue weighted by Gasteiger charge is -2.15. The number of rotatable bonds is 5. The largest absolute Gasteiger partial charge is 0.489 e. The maximum absolute atomic E-state index is 10.5. The number of aryl methyl sites for hydroxylation is 1. The summed E-state index contributed by atoms with van der Waals surface area (Å²) in [6, 6.07) is 6.11. The molecule has 0 saturated heterocycles. The highest BCUT2D eigenvalue weighted by atomic mass is 16.5. The number of ether oxygens (including phenoxy) is 1. The van der Waals surface area contributed by atoms with E-state index in [-0.39, 0.29) is 0 Å². The normalized spacial score (nSPS) is 11.7. The van der Waals surface area contributed by atoms with Gasteiger partial charge in [-0.2, -0.15) is 0 Å². The molecule has 0 spiro atoms. The van der Waals surface area contributed by atoms with Gasteiger partial charge in [0.05, 0.1) is 0 Å². The molecule has 3 nitrogen and oxygen atoms in total. The predicted octanol–water partition coefficient (Wildman–Crippen LogP) is 3.53. The monoisotopic (exact) mass is 248 g/mol. The van der Waals surface area contributed by atoms with Gasteiger partial charge in [-0.25, -0.2) is 4.79 Å². The molecule has 1 N–H and O–H groups in total. The van der Waals surface area contributed by atoms with Gasteiger partial charge >= 0.3 is 5.97 Å². The first-order valence-corrected chi connectivity index (χ1v) is 6.03. The van der Waals surface area contributed by atoms with Crippen LogP contribution in [0.1, 0.15) is 37.8 Å². The zero-order chi connectivity index (χ0) is 13.7. The first-order chi connectivity index (χ1) is 8.40. The molecule has 0 fully saturated rings. The number of benzene rings is 1. The van der Waals surface area contributed by atoms with Gasteiger partial charge in [0.15, 0.2) is 0 Å². The van der Waals surface area contributed by atoms with Crippen LogP contribution in [-0.2, 0) is 4.79 Å². The lowest BCUT2D eigenvalue weighted by Crippen LogP contribution is -2.04. The molecule has 0 saturated carbocycles. The molecule has 0 atom stereocenters. The molecule has 0 heterocycles. The topological polar surface area (TPSA) is 46.5 Å². The predicted molar refractivity (Wildman–Crippen MR) is 72.2 cm³/mol. The van der Waals surface area contributed by atoms with Crippen LogP contribution in [0.25, 0.3) is 0 Å². The second-order valence-corrected chi connectivity index (χ2v) is 4.81. The summed E-state index contributed by atoms with van der Waals surface area (Å²) in [5, 5.41) is 8.64. The Balaban J connectivity index is 2.83. The van der Waals surface area contributed by atoms with Gasteiger partial charge in [-0.1, -0.05) is 26.0 Å². The summed E-state index contributed by atoms with van der Waals surface area (Å²) in [7, 11) is 0. The molecular formula is C15H20O3. The second kappa shape index (κ2) is 6.24. The lowest BCUT2D eigenvalue weighted by atomic mass is 10.0. The van der Waals surface area contributed by atoms with E-state index in [9.17, 15) is 4.79 Å². The Morgan fingerprint density at radius 3 is 2.67 bits per heavy atom. The summed E-state index contributed by atoms with van der Waals surface area (Å²) in [5.74, 6) is 0.275. The van der Waals surface area contributed by atoms with E-state index in [2.05, 4.69) is 26.0 Å². The van der Waals surface area contributed by atoms with Crippen molar-refractivity contribution in [3.63, 3.8) is 0 Å². The fourth-order valence-electron chi connectivity index (χ4n) is 1.69. The summed E-state index contributed by atoms with van der Waals surface area (Å²) >= 11 is 0. The van der Waals surface area contributed by atoms with E-state index in [0.717, 1.165) is 16.9 Å². The molecule has 0 aliphatic rings. The molecule has 0 radical (unpaired) electrons. The van der Waals surface area contributed by atoms with Crippen molar-refractivity contribution in [1.82, 2.24) is 0 Å². The van der Waals surface area contributed by atoms with Crippen molar-refractivity contribution in [3.05, 3.63) is 41.0 Å². The standard InChI is InChI=1S/C15H20O3/c1-10(2)13-6-5-11(3)7-14(13)18-9-12(4)8-15(16)17/h5-8,10H,9H2,1-4H3,(H,16,17). The summed E-state index contributed by atoms with van der Waals surface area (Å²) in [4.78, 5) is 10.5. The van der Waals surface area contributed by atoms with E-state index < -0.39 is 5.97 Å². The number of hydrogen-bond acceptors (Lipinski definition) is 2. The average molecular weight is 248 g/mol. The molecule has 0 amide bonds. The van der Waals surface area contributed by atoms with Crippen LogP contribution in [0.3, 0.4) is 0 Å². The number of carboxylic acid groups (broad SMARTS) is 1. The molecule has 0 bridgehead atoms. The van der Waals surface area contributed by atoms with Crippen molar-refractivity contribution in [2.24, 2.45) is 0 Å². The fourth-order valence-corrected chi connectivity index (χ4v) is 1.69. The molecule has 0 aliphatic carbocycles. The van der Waals surface area contributed by atoms with Crippen LogP contribution in [0.4, 0.5) is 0 Å². The molecule has 98 valence electrons. The minimum absolute atomic E-state index is 0.301. The second-order valence-electron chi connectivity index (χ2n) is 4.81. The van der Waals surface area contributed by atoms with E-state index in [1.807, 2.05) is 13.0 Å². The Bertz CT molecular complexity index is 459. The van der Waals surface area contributed by atoms with Crippen molar-refractivity contribution in [2.45, 2.75) is 33.6 Å². The van der Waals surface area contributed by atoms with E-state index in [0.29, 0.717) is 18.1 Å². The molecule has 0 unspecified atom stereocenters. The van der Waals surface area contributed by atoms with Gasteiger partial charge in [-0.3, -0.25) is 0 Å². The Kier molecular flexibility index (Phi) is 4.95. The third-order valence-electron chi connectivity index (χ3n) is 2.62. The Morgan fingerprint density at radius 1 is 1.44 bits per heavy atom. The van der Waals surface area contributed by atoms with E-state index in [4.69, 9.17) is 9.84 Å². The third-order valence-corrected chi connectivity index (χ3v) is 2.62. The van der Waals surface area contributed by atoms with E-state index in [1.54, 1.807) is 6.92 Å². The van der Waals surface area contributed by atoms with Crippen molar-refractivity contribution in [2.75, 3.05) is 6.61 Å². The molecule has 3 heteroatoms. The fraction of sp³-hybridized carbons (Fsp3) is 0.400. The van der Waals surface area contributed by atoms with Crippen LogP contribution < -0.4 is 4.74 Å². The summed E-state index contributed by atoms with van der Waals surface area (Å²) in [6.07, 6.45) is 1.17. The van der Waals surface area contributed by atoms with Crippen molar-refractivity contribution < 1.29 is 14.6 Å². The summed E-state index contributed by atoms with van der Waals surface area (Å²) in [6.45, 7) is 8.28. The molecular weight excluding hydrogens is 228 g/mol. The third kappa shape index (κ3) is 4.24. The summed E-state index contributed by atoms with van der Waals surface area (Å²) < 4.78 is 5.71. The Morgan fingerprint density at radius 2 is 2.11 bits per heavy atom. The SMILES string of the molecule is CC(=CC(=O)O)COc1cc(C)ccc1C(C)C. The van der Waals surface area contributed by atoms with Crippen LogP contribution in [0, 0.1) is 6.92 Å². The highest BCUT2D eigenvalue weighted by Gasteiger charge is 2.08. The molecule has 0 aliphatic heterocycles. The van der Waals surface area contributed by atoms with Crippen LogP contribution in [0.15, 0.2) is 29.8 Å². The minimum Gasteiger partial charge on any atom is -0.489 e. The van der Waals surface area contributed by atoms with Gasteiger partial charge in [-0.05, 0) is 42.5 Å². The van der Waals surface area contributed by atoms with Gasteiger partial charge in [0.1, 0.15) is 12.4 Å². The number of carboxylic acids is 1. The zero-order valence-electron chi connectivity index (χ0n) is 11.4. The smallest absolute Gasteiger partial charge is 0.328 e. The summed E-state index contributed by atoms with van der Waals surface area (Å²) in [5.41, 5.74) is 2.97. The van der Waals surface area contributed by atoms with Gasteiger partial charge in [0.25, 0.3) is 0 Å². The molecule has 1 aromatic carbocycles. The minimum atomic E-state index is -0.940. The number of carbonyl (C=O) groups is 1. The maximum atomic E-state index is 10.5. The first-order valence-electron chi connectivity index (χ1n) is 6.03. The molecule has 18 heavy (non-hydrogen) atoms. The lowest BCUT2D eigenvalue weighted by molar-refractivity contribution is -0.131. The van der Waals surface area contributed by atoms with Crippen LogP contribution in [0.2, 0.25) is 0 Å². The molecule has 0 aromatic heterocycles. The van der Waals surface area contributed by atoms with E-state index in [1.165, 1.54) is 6.08 Å². The molecule has 1 rings (SSSR count). The van der Waals surface area contributed by atoms with Crippen molar-refractivity contribution in [1.29, 1.82) is 0 Å². The van der Waals surface area contributed by atoms with Crippen LogP contribution in [0.5, 0.6) is 5.75 Å². The average Bonchev–Trinajstić information content (AvgIpc) is 2.25. The van der Waals surface area contributed by atoms with Gasteiger partial charge < -0.3 is 9.84 Å². The van der Waals surface area contributed by atoms with Gasteiger partial charge in [0, 0.05) is 6.08 Å². The first kappa shape index (κ1) is 14.3. The molecule has 1 aromatic rings. The van der Waals surface area contributed by atoms with Crippen molar-refractivity contribution in [3.8, 4) is 5.75 Å². The Labute approximate surface area is 108 Å². The quantitative estimate of drug-likeness (QED) is 0.811. The Hall–Kier alpha value is -1.77. The van der Waals surface area contributed by atoms with Gasteiger partial charge in [-0.15, -0.1) is 0 Å². The number of hydrogen-bond donors (Lipinski definition) is 1. The highest BCUT2D eigenvalue weighted by molar-refractivity contribution is 5.80. The highest BCUT2D eigenvalue weighted by Crippen LogP contribution is 2.27.